The van der Waals surface area contributed by atoms with Gasteiger partial charge in [-0.3, -0.25) is 0 Å². The van der Waals surface area contributed by atoms with Crippen LogP contribution in [0, 0.1) is 6.92 Å². The monoisotopic (exact) mass is 234 g/mol. The Morgan fingerprint density at radius 2 is 2.31 bits per heavy atom. The van der Waals surface area contributed by atoms with Crippen molar-refractivity contribution in [2.45, 2.75) is 13.3 Å². The molecule has 16 heavy (non-hydrogen) atoms. The van der Waals surface area contributed by atoms with E-state index in [0.717, 1.165) is 30.2 Å². The number of nitrogens with zero attached hydrogens (tertiary/aromatic N) is 2. The largest absolute Gasteiger partial charge is 0.396 e. The summed E-state index contributed by atoms with van der Waals surface area (Å²) in [4.78, 5) is 8.55. The van der Waals surface area contributed by atoms with Crippen LogP contribution in [0.5, 0.6) is 0 Å². The van der Waals surface area contributed by atoms with Gasteiger partial charge in [-0.25, -0.2) is 9.97 Å². The lowest BCUT2D eigenvalue weighted by molar-refractivity contribution is 0.966. The van der Waals surface area contributed by atoms with Gasteiger partial charge in [-0.1, -0.05) is 0 Å². The minimum atomic E-state index is 0.684. The van der Waals surface area contributed by atoms with Crippen LogP contribution in [0.2, 0.25) is 0 Å². The topological polar surface area (TPSA) is 63.8 Å². The van der Waals surface area contributed by atoms with E-state index in [1.54, 1.807) is 11.3 Å². The number of hydrogen-bond donors (Lipinski definition) is 2. The summed E-state index contributed by atoms with van der Waals surface area (Å²) in [6, 6.07) is 3.77. The molecule has 0 fully saturated rings. The summed E-state index contributed by atoms with van der Waals surface area (Å²) in [6.07, 6.45) is 0.887. The van der Waals surface area contributed by atoms with Gasteiger partial charge in [0.25, 0.3) is 0 Å². The molecule has 0 atom stereocenters. The first kappa shape index (κ1) is 10.9. The Balaban J connectivity index is 1.92. The van der Waals surface area contributed by atoms with Gasteiger partial charge < -0.3 is 11.1 Å². The highest BCUT2D eigenvalue weighted by Crippen LogP contribution is 2.15. The van der Waals surface area contributed by atoms with Crippen molar-refractivity contribution in [3.63, 3.8) is 0 Å². The van der Waals surface area contributed by atoms with E-state index in [1.165, 1.54) is 0 Å². The van der Waals surface area contributed by atoms with Crippen molar-refractivity contribution >= 4 is 22.8 Å². The molecule has 2 aromatic heterocycles. The second kappa shape index (κ2) is 4.94. The molecule has 2 rings (SSSR count). The van der Waals surface area contributed by atoms with Crippen molar-refractivity contribution in [3.05, 3.63) is 34.4 Å². The third kappa shape index (κ3) is 2.70. The second-order valence-electron chi connectivity index (χ2n) is 3.55. The molecule has 0 amide bonds. The maximum Gasteiger partial charge on any atom is 0.149 e. The first-order valence-corrected chi connectivity index (χ1v) is 6.04. The molecular weight excluding hydrogens is 220 g/mol. The van der Waals surface area contributed by atoms with Crippen molar-refractivity contribution in [3.8, 4) is 0 Å². The zero-order valence-electron chi connectivity index (χ0n) is 9.10. The number of pyridine rings is 1. The lowest BCUT2D eigenvalue weighted by atomic mass is 10.3. The Kier molecular flexibility index (Phi) is 3.36. The van der Waals surface area contributed by atoms with Crippen molar-refractivity contribution in [1.29, 1.82) is 0 Å². The smallest absolute Gasteiger partial charge is 0.149 e. The molecule has 2 heterocycles. The first-order chi connectivity index (χ1) is 7.75. The fourth-order valence-electron chi connectivity index (χ4n) is 1.38. The summed E-state index contributed by atoms with van der Waals surface area (Å²) in [5.41, 5.74) is 10.4. The number of rotatable bonds is 4. The Morgan fingerprint density at radius 1 is 1.44 bits per heavy atom. The molecule has 0 aromatic carbocycles. The Labute approximate surface area is 98.6 Å². The highest BCUT2D eigenvalue weighted by Gasteiger charge is 2.01. The molecule has 0 aliphatic rings. The number of nitrogens with two attached hydrogens (primary N) is 1. The van der Waals surface area contributed by atoms with Gasteiger partial charge in [0.2, 0.25) is 0 Å². The van der Waals surface area contributed by atoms with Gasteiger partial charge in [0, 0.05) is 24.0 Å². The lowest BCUT2D eigenvalue weighted by Crippen LogP contribution is -2.09. The molecule has 0 unspecified atom stereocenters. The molecule has 2 aromatic rings. The van der Waals surface area contributed by atoms with Crippen LogP contribution in [-0.4, -0.2) is 16.5 Å². The summed E-state index contributed by atoms with van der Waals surface area (Å²) in [5, 5.41) is 5.27. The highest BCUT2D eigenvalue weighted by molar-refractivity contribution is 7.07. The van der Waals surface area contributed by atoms with E-state index in [-0.39, 0.29) is 0 Å². The molecule has 0 aliphatic carbocycles. The van der Waals surface area contributed by atoms with Crippen molar-refractivity contribution in [2.24, 2.45) is 0 Å². The third-order valence-electron chi connectivity index (χ3n) is 2.22. The minimum absolute atomic E-state index is 0.684. The van der Waals surface area contributed by atoms with Crippen LogP contribution in [0.1, 0.15) is 11.4 Å². The van der Waals surface area contributed by atoms with Gasteiger partial charge >= 0.3 is 0 Å². The van der Waals surface area contributed by atoms with Crippen LogP contribution < -0.4 is 11.1 Å². The molecular formula is C11H14N4S. The molecule has 5 heteroatoms. The summed E-state index contributed by atoms with van der Waals surface area (Å²) in [6.45, 7) is 2.75. The van der Waals surface area contributed by atoms with Gasteiger partial charge in [0.05, 0.1) is 16.9 Å². The highest BCUT2D eigenvalue weighted by atomic mass is 32.1. The van der Waals surface area contributed by atoms with E-state index in [2.05, 4.69) is 20.7 Å². The molecule has 84 valence electrons. The van der Waals surface area contributed by atoms with Crippen molar-refractivity contribution in [2.75, 3.05) is 17.6 Å². The van der Waals surface area contributed by atoms with Gasteiger partial charge in [-0.2, -0.15) is 0 Å². The van der Waals surface area contributed by atoms with E-state index in [9.17, 15) is 0 Å². The number of aryl methyl sites for hydroxylation is 1. The normalized spacial score (nSPS) is 10.3. The van der Waals surface area contributed by atoms with E-state index < -0.39 is 0 Å². The third-order valence-corrected chi connectivity index (χ3v) is 2.86. The zero-order valence-corrected chi connectivity index (χ0v) is 9.92. The predicted octanol–water partition coefficient (Wildman–Crippen LogP) is 2.08. The molecule has 4 nitrogen and oxygen atoms in total. The second-order valence-corrected chi connectivity index (χ2v) is 4.27. The molecule has 0 bridgehead atoms. The van der Waals surface area contributed by atoms with Crippen molar-refractivity contribution in [1.82, 2.24) is 9.97 Å². The molecule has 0 radical (unpaired) electrons. The summed E-state index contributed by atoms with van der Waals surface area (Å²) in [7, 11) is 0. The number of nitrogens with one attached hydrogen (secondary N) is 1. The maximum absolute atomic E-state index is 5.81. The number of aromatic nitrogens is 2. The molecule has 0 saturated heterocycles. The summed E-state index contributed by atoms with van der Waals surface area (Å²) in [5.74, 6) is 0.759. The number of thiazole rings is 1. The van der Waals surface area contributed by atoms with E-state index in [1.807, 2.05) is 24.6 Å². The Hall–Kier alpha value is -1.62. The standard InChI is InChI=1S/C11H14N4S/c1-8-2-3-10(12)11(15-8)13-5-4-9-6-16-7-14-9/h2-3,6-7H,4-5,12H2,1H3,(H,13,15). The maximum atomic E-state index is 5.81. The van der Waals surface area contributed by atoms with Crippen LogP contribution in [0.15, 0.2) is 23.0 Å². The fourth-order valence-corrected chi connectivity index (χ4v) is 1.97. The molecule has 0 saturated carbocycles. The molecule has 0 spiro atoms. The number of nitrogen functional groups attached to an aromatic ring is 1. The van der Waals surface area contributed by atoms with Gasteiger partial charge in [0.1, 0.15) is 5.82 Å². The predicted molar refractivity (Wildman–Crippen MR) is 67.7 cm³/mol. The lowest BCUT2D eigenvalue weighted by Gasteiger charge is -2.07. The molecule has 3 N–H and O–H groups in total. The summed E-state index contributed by atoms with van der Waals surface area (Å²) >= 11 is 1.61. The quantitative estimate of drug-likeness (QED) is 0.850. The van der Waals surface area contributed by atoms with E-state index in [4.69, 9.17) is 5.73 Å². The minimum Gasteiger partial charge on any atom is -0.396 e. The van der Waals surface area contributed by atoms with Gasteiger partial charge in [-0.05, 0) is 19.1 Å². The average molecular weight is 234 g/mol. The van der Waals surface area contributed by atoms with Crippen LogP contribution in [0.3, 0.4) is 0 Å². The van der Waals surface area contributed by atoms with Crippen LogP contribution >= 0.6 is 11.3 Å². The van der Waals surface area contributed by atoms with E-state index in [0.29, 0.717) is 5.69 Å². The Morgan fingerprint density at radius 3 is 3.06 bits per heavy atom. The molecule has 0 aliphatic heterocycles. The fraction of sp³-hybridized carbons (Fsp3) is 0.273. The van der Waals surface area contributed by atoms with Crippen molar-refractivity contribution < 1.29 is 0 Å². The average Bonchev–Trinajstić information content (AvgIpc) is 2.76. The Bertz CT molecular complexity index is 453. The van der Waals surface area contributed by atoms with Crippen LogP contribution in [0.4, 0.5) is 11.5 Å². The first-order valence-electron chi connectivity index (χ1n) is 5.10. The number of anilines is 2. The zero-order chi connectivity index (χ0) is 11.4. The summed E-state index contributed by atoms with van der Waals surface area (Å²) < 4.78 is 0. The SMILES string of the molecule is Cc1ccc(N)c(NCCc2cscn2)n1. The van der Waals surface area contributed by atoms with E-state index >= 15 is 0 Å². The van der Waals surface area contributed by atoms with Crippen LogP contribution in [-0.2, 0) is 6.42 Å². The number of hydrogen-bond acceptors (Lipinski definition) is 5. The van der Waals surface area contributed by atoms with Crippen LogP contribution in [0.25, 0.3) is 0 Å². The van der Waals surface area contributed by atoms with Gasteiger partial charge in [0.15, 0.2) is 0 Å². The van der Waals surface area contributed by atoms with Gasteiger partial charge in [-0.15, -0.1) is 11.3 Å².